The van der Waals surface area contributed by atoms with E-state index < -0.39 is 7.82 Å². The van der Waals surface area contributed by atoms with Crippen molar-refractivity contribution in [2.45, 2.75) is 53.1 Å². The first kappa shape index (κ1) is 15.1. The van der Waals surface area contributed by atoms with Crippen LogP contribution < -0.4 is 0 Å². The second-order valence-corrected chi connectivity index (χ2v) is 5.06. The van der Waals surface area contributed by atoms with Crippen LogP contribution in [0.2, 0.25) is 0 Å². The number of rotatable bonds is 9. The van der Waals surface area contributed by atoms with Gasteiger partial charge in [0.25, 0.3) is 0 Å². The standard InChI is InChI=1S/C10H23O4P/c1-5-8-12-15(11,13-9-6-2)14-10(4)7-3/h10H,5-9H2,1-4H3. The van der Waals surface area contributed by atoms with Gasteiger partial charge in [-0.1, -0.05) is 20.8 Å². The quantitative estimate of drug-likeness (QED) is 0.574. The fourth-order valence-electron chi connectivity index (χ4n) is 0.799. The van der Waals surface area contributed by atoms with E-state index in [-0.39, 0.29) is 6.10 Å². The summed E-state index contributed by atoms with van der Waals surface area (Å²) in [6, 6.07) is 0. The molecule has 0 N–H and O–H groups in total. The summed E-state index contributed by atoms with van der Waals surface area (Å²) in [6.45, 7) is 8.53. The van der Waals surface area contributed by atoms with Gasteiger partial charge >= 0.3 is 7.82 Å². The lowest BCUT2D eigenvalue weighted by atomic mass is 10.3. The summed E-state index contributed by atoms with van der Waals surface area (Å²) in [7, 11) is -3.33. The van der Waals surface area contributed by atoms with Crippen LogP contribution in [0.5, 0.6) is 0 Å². The Kier molecular flexibility index (Phi) is 8.34. The van der Waals surface area contributed by atoms with Crippen LogP contribution in [0, 0.1) is 0 Å². The summed E-state index contributed by atoms with van der Waals surface area (Å²) < 4.78 is 27.7. The molecule has 4 nitrogen and oxygen atoms in total. The number of hydrogen-bond acceptors (Lipinski definition) is 4. The third-order valence-electron chi connectivity index (χ3n) is 1.79. The molecular formula is C10H23O4P. The van der Waals surface area contributed by atoms with Gasteiger partial charge in [-0.2, -0.15) is 0 Å². The van der Waals surface area contributed by atoms with Crippen LogP contribution in [0.15, 0.2) is 0 Å². The molecule has 0 amide bonds. The molecule has 0 aliphatic heterocycles. The highest BCUT2D eigenvalue weighted by molar-refractivity contribution is 7.48. The average Bonchev–Trinajstić information content (AvgIpc) is 2.23. The summed E-state index contributed by atoms with van der Waals surface area (Å²) >= 11 is 0. The Hall–Kier alpha value is 0.110. The molecule has 1 atom stereocenters. The third kappa shape index (κ3) is 7.07. The summed E-state index contributed by atoms with van der Waals surface area (Å²) in [5.41, 5.74) is 0. The molecular weight excluding hydrogens is 215 g/mol. The van der Waals surface area contributed by atoms with Crippen LogP contribution >= 0.6 is 7.82 Å². The lowest BCUT2D eigenvalue weighted by Crippen LogP contribution is -2.09. The molecule has 0 bridgehead atoms. The SMILES string of the molecule is CCCOP(=O)(OCCC)OC(C)CC. The maximum Gasteiger partial charge on any atom is 0.475 e. The van der Waals surface area contributed by atoms with E-state index in [0.717, 1.165) is 19.3 Å². The molecule has 0 aromatic heterocycles. The molecule has 5 heteroatoms. The largest absolute Gasteiger partial charge is 0.475 e. The molecule has 92 valence electrons. The van der Waals surface area contributed by atoms with Crippen molar-refractivity contribution in [1.29, 1.82) is 0 Å². The molecule has 0 saturated heterocycles. The van der Waals surface area contributed by atoms with E-state index in [1.165, 1.54) is 0 Å². The average molecular weight is 238 g/mol. The summed E-state index contributed by atoms with van der Waals surface area (Å²) in [5.74, 6) is 0. The predicted octanol–water partition coefficient (Wildman–Crippen LogP) is 3.76. The molecule has 1 unspecified atom stereocenters. The first-order chi connectivity index (χ1) is 7.08. The van der Waals surface area contributed by atoms with E-state index >= 15 is 0 Å². The third-order valence-corrected chi connectivity index (χ3v) is 3.41. The van der Waals surface area contributed by atoms with E-state index in [9.17, 15) is 4.57 Å². The molecule has 0 aliphatic rings. The summed E-state index contributed by atoms with van der Waals surface area (Å²) in [6.07, 6.45) is 2.27. The van der Waals surface area contributed by atoms with E-state index in [4.69, 9.17) is 13.6 Å². The molecule has 0 aliphatic carbocycles. The van der Waals surface area contributed by atoms with Crippen LogP contribution in [0.3, 0.4) is 0 Å². The van der Waals surface area contributed by atoms with E-state index in [0.29, 0.717) is 13.2 Å². The fraction of sp³-hybridized carbons (Fsp3) is 1.00. The van der Waals surface area contributed by atoms with Crippen molar-refractivity contribution in [3.8, 4) is 0 Å². The zero-order valence-corrected chi connectivity index (χ0v) is 11.1. The summed E-state index contributed by atoms with van der Waals surface area (Å²) in [5, 5.41) is 0. The van der Waals surface area contributed by atoms with E-state index in [1.54, 1.807) is 0 Å². The first-order valence-corrected chi connectivity index (χ1v) is 7.11. The van der Waals surface area contributed by atoms with Crippen molar-refractivity contribution in [3.05, 3.63) is 0 Å². The highest BCUT2D eigenvalue weighted by Gasteiger charge is 2.28. The van der Waals surface area contributed by atoms with Crippen molar-refractivity contribution in [1.82, 2.24) is 0 Å². The smallest absolute Gasteiger partial charge is 0.287 e. The Balaban J connectivity index is 4.19. The lowest BCUT2D eigenvalue weighted by molar-refractivity contribution is 0.0831. The van der Waals surface area contributed by atoms with Crippen molar-refractivity contribution < 1.29 is 18.1 Å². The molecule has 0 aromatic carbocycles. The van der Waals surface area contributed by atoms with Gasteiger partial charge in [-0.3, -0.25) is 13.6 Å². The topological polar surface area (TPSA) is 44.8 Å². The minimum Gasteiger partial charge on any atom is -0.287 e. The van der Waals surface area contributed by atoms with Gasteiger partial charge in [0.15, 0.2) is 0 Å². The van der Waals surface area contributed by atoms with Crippen LogP contribution in [0.1, 0.15) is 47.0 Å². The monoisotopic (exact) mass is 238 g/mol. The number of hydrogen-bond donors (Lipinski definition) is 0. The molecule has 0 saturated carbocycles. The molecule has 15 heavy (non-hydrogen) atoms. The minimum absolute atomic E-state index is 0.107. The first-order valence-electron chi connectivity index (χ1n) is 5.65. The van der Waals surface area contributed by atoms with Crippen molar-refractivity contribution >= 4 is 7.82 Å². The van der Waals surface area contributed by atoms with E-state index in [2.05, 4.69) is 0 Å². The van der Waals surface area contributed by atoms with Crippen molar-refractivity contribution in [2.24, 2.45) is 0 Å². The van der Waals surface area contributed by atoms with E-state index in [1.807, 2.05) is 27.7 Å². The zero-order chi connectivity index (χ0) is 11.7. The Bertz CT molecular complexity index is 184. The molecule has 0 radical (unpaired) electrons. The predicted molar refractivity (Wildman–Crippen MR) is 60.9 cm³/mol. The Morgan fingerprint density at radius 3 is 1.87 bits per heavy atom. The molecule has 0 spiro atoms. The Morgan fingerprint density at radius 1 is 1.07 bits per heavy atom. The van der Waals surface area contributed by atoms with Crippen molar-refractivity contribution in [3.63, 3.8) is 0 Å². The summed E-state index contributed by atoms with van der Waals surface area (Å²) in [4.78, 5) is 0. The van der Waals surface area contributed by atoms with Gasteiger partial charge in [-0.15, -0.1) is 0 Å². The highest BCUT2D eigenvalue weighted by atomic mass is 31.2. The molecule has 0 fully saturated rings. The molecule has 0 aromatic rings. The van der Waals surface area contributed by atoms with Gasteiger partial charge < -0.3 is 0 Å². The van der Waals surface area contributed by atoms with Gasteiger partial charge in [0.05, 0.1) is 19.3 Å². The lowest BCUT2D eigenvalue weighted by Gasteiger charge is -2.20. The molecule has 0 rings (SSSR count). The number of phosphoric ester groups is 1. The maximum absolute atomic E-state index is 12.0. The van der Waals surface area contributed by atoms with Gasteiger partial charge in [0, 0.05) is 0 Å². The number of phosphoric acid groups is 1. The van der Waals surface area contributed by atoms with Crippen LogP contribution in [-0.2, 0) is 18.1 Å². The van der Waals surface area contributed by atoms with Gasteiger partial charge in [-0.25, -0.2) is 4.57 Å². The second-order valence-electron chi connectivity index (χ2n) is 3.44. The normalized spacial score (nSPS) is 14.1. The van der Waals surface area contributed by atoms with Crippen LogP contribution in [-0.4, -0.2) is 19.3 Å². The molecule has 0 heterocycles. The Morgan fingerprint density at radius 2 is 1.53 bits per heavy atom. The Labute approximate surface area is 92.9 Å². The minimum atomic E-state index is -3.33. The van der Waals surface area contributed by atoms with Gasteiger partial charge in [-0.05, 0) is 26.2 Å². The van der Waals surface area contributed by atoms with Gasteiger partial charge in [0.1, 0.15) is 0 Å². The van der Waals surface area contributed by atoms with Crippen LogP contribution in [0.4, 0.5) is 0 Å². The second kappa shape index (κ2) is 8.28. The maximum atomic E-state index is 12.0. The van der Waals surface area contributed by atoms with Crippen molar-refractivity contribution in [2.75, 3.05) is 13.2 Å². The van der Waals surface area contributed by atoms with Crippen LogP contribution in [0.25, 0.3) is 0 Å². The fourth-order valence-corrected chi connectivity index (χ4v) is 2.40. The zero-order valence-electron chi connectivity index (χ0n) is 10.2. The van der Waals surface area contributed by atoms with Gasteiger partial charge in [0.2, 0.25) is 0 Å². The highest BCUT2D eigenvalue weighted by Crippen LogP contribution is 2.50.